The molecule has 0 radical (unpaired) electrons. The predicted octanol–water partition coefficient (Wildman–Crippen LogP) is 2.85. The van der Waals surface area contributed by atoms with E-state index in [1.54, 1.807) is 0 Å². The number of piperidine rings is 1. The number of aromatic nitrogens is 1. The van der Waals surface area contributed by atoms with Gasteiger partial charge in [0, 0.05) is 19.3 Å². The van der Waals surface area contributed by atoms with Gasteiger partial charge in [-0.15, -0.1) is 0 Å². The van der Waals surface area contributed by atoms with Gasteiger partial charge in [-0.1, -0.05) is 26.8 Å². The Morgan fingerprint density at radius 1 is 1.32 bits per heavy atom. The van der Waals surface area contributed by atoms with Crippen molar-refractivity contribution in [3.05, 3.63) is 23.9 Å². The molecule has 0 aromatic carbocycles. The van der Waals surface area contributed by atoms with Gasteiger partial charge in [0.25, 0.3) is 0 Å². The van der Waals surface area contributed by atoms with Crippen LogP contribution in [0.15, 0.2) is 18.3 Å². The maximum absolute atomic E-state index is 5.69. The Morgan fingerprint density at radius 2 is 2.00 bits per heavy atom. The first-order valence-corrected chi connectivity index (χ1v) is 7.41. The molecule has 0 spiro atoms. The molecule has 3 nitrogen and oxygen atoms in total. The molecule has 2 N–H and O–H groups in total. The van der Waals surface area contributed by atoms with E-state index in [0.717, 1.165) is 31.2 Å². The molecule has 1 aromatic heterocycles. The summed E-state index contributed by atoms with van der Waals surface area (Å²) in [5, 5.41) is 0. The lowest BCUT2D eigenvalue weighted by atomic mass is 9.75. The molecule has 2 heterocycles. The van der Waals surface area contributed by atoms with Gasteiger partial charge in [-0.3, -0.25) is 0 Å². The van der Waals surface area contributed by atoms with Crippen molar-refractivity contribution in [2.75, 3.05) is 24.5 Å². The van der Waals surface area contributed by atoms with E-state index >= 15 is 0 Å². The summed E-state index contributed by atoms with van der Waals surface area (Å²) in [4.78, 5) is 7.02. The van der Waals surface area contributed by atoms with E-state index < -0.39 is 0 Å². The highest BCUT2D eigenvalue weighted by molar-refractivity contribution is 5.47. The molecule has 1 aromatic rings. The highest BCUT2D eigenvalue weighted by atomic mass is 15.2. The first-order valence-electron chi connectivity index (χ1n) is 7.41. The third kappa shape index (κ3) is 3.47. The minimum Gasteiger partial charge on any atom is -0.356 e. The van der Waals surface area contributed by atoms with Crippen LogP contribution in [0.2, 0.25) is 0 Å². The summed E-state index contributed by atoms with van der Waals surface area (Å²) >= 11 is 0. The van der Waals surface area contributed by atoms with Gasteiger partial charge in [-0.05, 0) is 48.8 Å². The smallest absolute Gasteiger partial charge is 0.131 e. The fraction of sp³-hybridized carbons (Fsp3) is 0.688. The molecule has 1 fully saturated rings. The van der Waals surface area contributed by atoms with Crippen LogP contribution in [0.25, 0.3) is 0 Å². The van der Waals surface area contributed by atoms with E-state index in [9.17, 15) is 0 Å². The van der Waals surface area contributed by atoms with Crippen molar-refractivity contribution in [2.45, 2.75) is 40.0 Å². The molecule has 0 saturated carbocycles. The minimum absolute atomic E-state index is 0.427. The summed E-state index contributed by atoms with van der Waals surface area (Å²) in [5.74, 6) is 1.98. The largest absolute Gasteiger partial charge is 0.356 e. The number of hydrogen-bond acceptors (Lipinski definition) is 3. The molecule has 2 rings (SSSR count). The molecule has 19 heavy (non-hydrogen) atoms. The summed E-state index contributed by atoms with van der Waals surface area (Å²) in [5.41, 5.74) is 7.41. The Kier molecular flexibility index (Phi) is 4.46. The van der Waals surface area contributed by atoms with E-state index in [-0.39, 0.29) is 0 Å². The van der Waals surface area contributed by atoms with Gasteiger partial charge in [0.2, 0.25) is 0 Å². The molecule has 0 unspecified atom stereocenters. The summed E-state index contributed by atoms with van der Waals surface area (Å²) in [6.45, 7) is 10.0. The van der Waals surface area contributed by atoms with Gasteiger partial charge in [-0.25, -0.2) is 4.98 Å². The Bertz CT molecular complexity index is 401. The number of nitrogens with two attached hydrogens (primary N) is 1. The minimum atomic E-state index is 0.427. The number of nitrogens with zero attached hydrogens (tertiary/aromatic N) is 2. The maximum Gasteiger partial charge on any atom is 0.131 e. The predicted molar refractivity (Wildman–Crippen MR) is 81.4 cm³/mol. The molecular formula is C16H27N3. The summed E-state index contributed by atoms with van der Waals surface area (Å²) in [6, 6.07) is 4.17. The quantitative estimate of drug-likeness (QED) is 0.909. The van der Waals surface area contributed by atoms with Gasteiger partial charge < -0.3 is 10.6 Å². The van der Waals surface area contributed by atoms with Crippen LogP contribution < -0.4 is 10.6 Å². The average Bonchev–Trinajstić information content (AvgIpc) is 2.39. The van der Waals surface area contributed by atoms with Gasteiger partial charge in [0.1, 0.15) is 5.82 Å². The molecule has 106 valence electrons. The maximum atomic E-state index is 5.69. The van der Waals surface area contributed by atoms with Crippen LogP contribution in [0.4, 0.5) is 5.82 Å². The monoisotopic (exact) mass is 261 g/mol. The molecule has 0 bridgehead atoms. The number of pyridine rings is 1. The topological polar surface area (TPSA) is 42.2 Å². The zero-order valence-corrected chi connectivity index (χ0v) is 12.5. The van der Waals surface area contributed by atoms with Crippen LogP contribution in [0.3, 0.4) is 0 Å². The molecule has 3 heteroatoms. The van der Waals surface area contributed by atoms with Crippen molar-refractivity contribution < 1.29 is 0 Å². The Morgan fingerprint density at radius 3 is 2.58 bits per heavy atom. The SMILES string of the molecule is CC(C)(C)C1CCN(c2ncccc2CCN)CC1. The number of anilines is 1. The summed E-state index contributed by atoms with van der Waals surface area (Å²) in [6.07, 6.45) is 5.35. The van der Waals surface area contributed by atoms with E-state index in [1.165, 1.54) is 18.4 Å². The second kappa shape index (κ2) is 5.91. The Hall–Kier alpha value is -1.09. The lowest BCUT2D eigenvalue weighted by molar-refractivity contribution is 0.198. The number of rotatable bonds is 3. The van der Waals surface area contributed by atoms with Gasteiger partial charge in [0.05, 0.1) is 0 Å². The first-order chi connectivity index (χ1) is 9.02. The van der Waals surface area contributed by atoms with E-state index in [2.05, 4.69) is 36.7 Å². The molecule has 0 atom stereocenters. The van der Waals surface area contributed by atoms with Crippen molar-refractivity contribution in [3.8, 4) is 0 Å². The van der Waals surface area contributed by atoms with Crippen LogP contribution >= 0.6 is 0 Å². The van der Waals surface area contributed by atoms with Gasteiger partial charge >= 0.3 is 0 Å². The number of hydrogen-bond donors (Lipinski definition) is 1. The van der Waals surface area contributed by atoms with Crippen molar-refractivity contribution in [1.82, 2.24) is 4.98 Å². The molecule has 1 aliphatic heterocycles. The fourth-order valence-corrected chi connectivity index (χ4v) is 3.02. The first kappa shape index (κ1) is 14.3. The van der Waals surface area contributed by atoms with Crippen LogP contribution in [0.5, 0.6) is 0 Å². The highest BCUT2D eigenvalue weighted by Gasteiger charge is 2.29. The molecule has 0 aliphatic carbocycles. The summed E-state index contributed by atoms with van der Waals surface area (Å²) in [7, 11) is 0. The van der Waals surface area contributed by atoms with Gasteiger partial charge in [-0.2, -0.15) is 0 Å². The zero-order valence-electron chi connectivity index (χ0n) is 12.5. The normalized spacial score (nSPS) is 17.8. The van der Waals surface area contributed by atoms with Crippen LogP contribution in [-0.4, -0.2) is 24.6 Å². The lowest BCUT2D eigenvalue weighted by Gasteiger charge is -2.39. The molecule has 1 aliphatic rings. The van der Waals surface area contributed by atoms with Gasteiger partial charge in [0.15, 0.2) is 0 Å². The lowest BCUT2D eigenvalue weighted by Crippen LogP contribution is -2.38. The second-order valence-electron chi connectivity index (χ2n) is 6.65. The Balaban J connectivity index is 2.05. The average molecular weight is 261 g/mol. The van der Waals surface area contributed by atoms with E-state index in [4.69, 9.17) is 5.73 Å². The molecule has 1 saturated heterocycles. The van der Waals surface area contributed by atoms with Crippen LogP contribution in [-0.2, 0) is 6.42 Å². The van der Waals surface area contributed by atoms with Crippen molar-refractivity contribution in [1.29, 1.82) is 0 Å². The third-order valence-electron chi connectivity index (χ3n) is 4.30. The summed E-state index contributed by atoms with van der Waals surface area (Å²) < 4.78 is 0. The van der Waals surface area contributed by atoms with Crippen molar-refractivity contribution >= 4 is 5.82 Å². The zero-order chi connectivity index (χ0) is 13.9. The van der Waals surface area contributed by atoms with Crippen LogP contribution in [0, 0.1) is 11.3 Å². The fourth-order valence-electron chi connectivity index (χ4n) is 3.02. The highest BCUT2D eigenvalue weighted by Crippen LogP contribution is 2.35. The second-order valence-corrected chi connectivity index (χ2v) is 6.65. The third-order valence-corrected chi connectivity index (χ3v) is 4.30. The van der Waals surface area contributed by atoms with Crippen molar-refractivity contribution in [3.63, 3.8) is 0 Å². The molecular weight excluding hydrogens is 234 g/mol. The Labute approximate surface area is 117 Å². The van der Waals surface area contributed by atoms with Crippen LogP contribution in [0.1, 0.15) is 39.2 Å². The van der Waals surface area contributed by atoms with E-state index in [0.29, 0.717) is 12.0 Å². The van der Waals surface area contributed by atoms with Crippen molar-refractivity contribution in [2.24, 2.45) is 17.1 Å². The standard InChI is InChI=1S/C16H27N3/c1-16(2,3)14-7-11-19(12-8-14)15-13(6-9-17)5-4-10-18-15/h4-5,10,14H,6-9,11-12,17H2,1-3H3. The molecule has 0 amide bonds. The van der Waals surface area contributed by atoms with E-state index in [1.807, 2.05) is 12.3 Å².